The van der Waals surface area contributed by atoms with Crippen molar-refractivity contribution in [1.82, 2.24) is 5.32 Å². The highest BCUT2D eigenvalue weighted by Crippen LogP contribution is 2.11. The van der Waals surface area contributed by atoms with Crippen molar-refractivity contribution in [3.63, 3.8) is 0 Å². The lowest BCUT2D eigenvalue weighted by atomic mass is 10.2. The largest absolute Gasteiger partial charge is 0.448 e. The van der Waals surface area contributed by atoms with E-state index in [1.807, 2.05) is 13.8 Å². The number of carbonyl (C=O) groups is 1. The number of nitrogen functional groups attached to an aromatic ring is 1. The fourth-order valence-corrected chi connectivity index (χ4v) is 0.849. The van der Waals surface area contributed by atoms with E-state index in [0.717, 1.165) is 0 Å². The van der Waals surface area contributed by atoms with Crippen LogP contribution >= 0.6 is 0 Å². The van der Waals surface area contributed by atoms with E-state index in [1.165, 1.54) is 6.26 Å². The summed E-state index contributed by atoms with van der Waals surface area (Å²) >= 11 is 0. The minimum atomic E-state index is -0.198. The van der Waals surface area contributed by atoms with E-state index in [9.17, 15) is 4.79 Å². The normalized spacial score (nSPS) is 10.2. The Morgan fingerprint density at radius 2 is 2.33 bits per heavy atom. The number of hydrogen-bond acceptors (Lipinski definition) is 3. The highest BCUT2D eigenvalue weighted by atomic mass is 16.3. The first-order valence-electron chi connectivity index (χ1n) is 3.75. The van der Waals surface area contributed by atoms with Gasteiger partial charge in [-0.2, -0.15) is 0 Å². The van der Waals surface area contributed by atoms with Gasteiger partial charge in [-0.1, -0.05) is 0 Å². The van der Waals surface area contributed by atoms with Crippen LogP contribution in [0.3, 0.4) is 0 Å². The van der Waals surface area contributed by atoms with Crippen LogP contribution in [-0.2, 0) is 0 Å². The second-order valence-corrected chi connectivity index (χ2v) is 2.83. The maximum absolute atomic E-state index is 11.3. The molecule has 4 nitrogen and oxygen atoms in total. The molecule has 66 valence electrons. The monoisotopic (exact) mass is 168 g/mol. The smallest absolute Gasteiger partial charge is 0.257 e. The Morgan fingerprint density at radius 3 is 2.75 bits per heavy atom. The summed E-state index contributed by atoms with van der Waals surface area (Å²) in [6.45, 7) is 3.77. The molecule has 1 rings (SSSR count). The van der Waals surface area contributed by atoms with Crippen LogP contribution in [0.4, 0.5) is 5.88 Å². The molecule has 0 saturated carbocycles. The number of anilines is 1. The highest BCUT2D eigenvalue weighted by Gasteiger charge is 2.12. The Hall–Kier alpha value is -1.45. The van der Waals surface area contributed by atoms with Crippen LogP contribution in [0.15, 0.2) is 16.7 Å². The van der Waals surface area contributed by atoms with Crippen molar-refractivity contribution < 1.29 is 9.21 Å². The lowest BCUT2D eigenvalue weighted by molar-refractivity contribution is 0.0943. The first-order chi connectivity index (χ1) is 5.61. The van der Waals surface area contributed by atoms with Crippen molar-refractivity contribution in [1.29, 1.82) is 0 Å². The minimum absolute atomic E-state index is 0.104. The van der Waals surface area contributed by atoms with Crippen molar-refractivity contribution >= 4 is 11.8 Å². The van der Waals surface area contributed by atoms with E-state index in [4.69, 9.17) is 10.2 Å². The van der Waals surface area contributed by atoms with Crippen LogP contribution in [-0.4, -0.2) is 11.9 Å². The molecular formula is C8H12N2O2. The predicted molar refractivity (Wildman–Crippen MR) is 45.7 cm³/mol. The van der Waals surface area contributed by atoms with Crippen molar-refractivity contribution in [3.05, 3.63) is 17.9 Å². The summed E-state index contributed by atoms with van der Waals surface area (Å²) < 4.78 is 4.78. The number of nitrogens with two attached hydrogens (primary N) is 1. The molecule has 1 aromatic heterocycles. The van der Waals surface area contributed by atoms with Crippen LogP contribution in [0.1, 0.15) is 24.2 Å². The van der Waals surface area contributed by atoms with E-state index in [2.05, 4.69) is 5.32 Å². The second-order valence-electron chi connectivity index (χ2n) is 2.83. The molecule has 0 aliphatic carbocycles. The van der Waals surface area contributed by atoms with E-state index < -0.39 is 0 Å². The van der Waals surface area contributed by atoms with Gasteiger partial charge < -0.3 is 15.5 Å². The van der Waals surface area contributed by atoms with E-state index in [0.29, 0.717) is 5.56 Å². The predicted octanol–water partition coefficient (Wildman–Crippen LogP) is 1.00. The van der Waals surface area contributed by atoms with Gasteiger partial charge in [-0.3, -0.25) is 4.79 Å². The average molecular weight is 168 g/mol. The zero-order valence-corrected chi connectivity index (χ0v) is 7.13. The van der Waals surface area contributed by atoms with Gasteiger partial charge in [0.1, 0.15) is 5.56 Å². The summed E-state index contributed by atoms with van der Waals surface area (Å²) in [7, 11) is 0. The molecule has 12 heavy (non-hydrogen) atoms. The number of hydrogen-bond donors (Lipinski definition) is 2. The fourth-order valence-electron chi connectivity index (χ4n) is 0.849. The molecule has 0 atom stereocenters. The second kappa shape index (κ2) is 3.30. The van der Waals surface area contributed by atoms with Crippen molar-refractivity contribution in [2.45, 2.75) is 19.9 Å². The van der Waals surface area contributed by atoms with Gasteiger partial charge in [0, 0.05) is 6.04 Å². The van der Waals surface area contributed by atoms with Crippen LogP contribution < -0.4 is 11.1 Å². The van der Waals surface area contributed by atoms with Gasteiger partial charge in [-0.25, -0.2) is 0 Å². The quantitative estimate of drug-likeness (QED) is 0.692. The van der Waals surface area contributed by atoms with Crippen LogP contribution in [0.25, 0.3) is 0 Å². The van der Waals surface area contributed by atoms with E-state index in [1.54, 1.807) is 6.07 Å². The standard InChI is InChI=1S/C8H12N2O2/c1-5(2)10-8(11)6-3-4-12-7(6)9/h3-5H,9H2,1-2H3,(H,10,11). The molecule has 0 radical (unpaired) electrons. The van der Waals surface area contributed by atoms with Gasteiger partial charge >= 0.3 is 0 Å². The number of rotatable bonds is 2. The molecule has 4 heteroatoms. The van der Waals surface area contributed by atoms with Gasteiger partial charge in [-0.05, 0) is 19.9 Å². The van der Waals surface area contributed by atoms with Crippen LogP contribution in [0.5, 0.6) is 0 Å². The third kappa shape index (κ3) is 1.78. The van der Waals surface area contributed by atoms with Crippen LogP contribution in [0, 0.1) is 0 Å². The number of nitrogens with one attached hydrogen (secondary N) is 1. The molecule has 1 aromatic rings. The molecule has 3 N–H and O–H groups in total. The van der Waals surface area contributed by atoms with Gasteiger partial charge in [0.25, 0.3) is 5.91 Å². The maximum atomic E-state index is 11.3. The minimum Gasteiger partial charge on any atom is -0.448 e. The zero-order chi connectivity index (χ0) is 9.14. The Bertz CT molecular complexity index is 278. The summed E-state index contributed by atoms with van der Waals surface area (Å²) in [5.74, 6) is -0.0376. The maximum Gasteiger partial charge on any atom is 0.257 e. The molecule has 0 unspecified atom stereocenters. The SMILES string of the molecule is CC(C)NC(=O)c1ccoc1N. The fraction of sp³-hybridized carbons (Fsp3) is 0.375. The summed E-state index contributed by atoms with van der Waals surface area (Å²) in [5, 5.41) is 2.71. The lowest BCUT2D eigenvalue weighted by Crippen LogP contribution is -2.30. The van der Waals surface area contributed by atoms with Crippen molar-refractivity contribution in [2.75, 3.05) is 5.73 Å². The van der Waals surface area contributed by atoms with Gasteiger partial charge in [0.15, 0.2) is 0 Å². The molecular weight excluding hydrogens is 156 g/mol. The summed E-state index contributed by atoms with van der Waals surface area (Å²) in [5.41, 5.74) is 5.78. The van der Waals surface area contributed by atoms with Gasteiger partial charge in [0.05, 0.1) is 6.26 Å². The Kier molecular flexibility index (Phi) is 2.38. The van der Waals surface area contributed by atoms with Crippen molar-refractivity contribution in [2.24, 2.45) is 0 Å². The topological polar surface area (TPSA) is 68.3 Å². The number of amides is 1. The summed E-state index contributed by atoms with van der Waals surface area (Å²) in [6.07, 6.45) is 1.39. The molecule has 0 saturated heterocycles. The van der Waals surface area contributed by atoms with Crippen LogP contribution in [0.2, 0.25) is 0 Å². The molecule has 1 amide bonds. The number of furan rings is 1. The molecule has 0 aliphatic rings. The first-order valence-corrected chi connectivity index (χ1v) is 3.75. The molecule has 0 aromatic carbocycles. The molecule has 0 spiro atoms. The highest BCUT2D eigenvalue weighted by molar-refractivity contribution is 5.98. The number of carbonyl (C=O) groups excluding carboxylic acids is 1. The zero-order valence-electron chi connectivity index (χ0n) is 7.13. The Labute approximate surface area is 70.7 Å². The molecule has 0 aliphatic heterocycles. The summed E-state index contributed by atoms with van der Waals surface area (Å²) in [4.78, 5) is 11.3. The Balaban J connectivity index is 2.72. The molecule has 0 bridgehead atoms. The van der Waals surface area contributed by atoms with E-state index >= 15 is 0 Å². The molecule has 1 heterocycles. The summed E-state index contributed by atoms with van der Waals surface area (Å²) in [6, 6.07) is 1.65. The average Bonchev–Trinajstić information content (AvgIpc) is 2.33. The first kappa shape index (κ1) is 8.64. The third-order valence-corrected chi connectivity index (χ3v) is 1.36. The van der Waals surface area contributed by atoms with Crippen molar-refractivity contribution in [3.8, 4) is 0 Å². The van der Waals surface area contributed by atoms with E-state index in [-0.39, 0.29) is 17.8 Å². The van der Waals surface area contributed by atoms with Gasteiger partial charge in [0.2, 0.25) is 5.88 Å². The Morgan fingerprint density at radius 1 is 1.67 bits per heavy atom. The molecule has 0 fully saturated rings. The third-order valence-electron chi connectivity index (χ3n) is 1.36. The lowest BCUT2D eigenvalue weighted by Gasteiger charge is -2.06. The van der Waals surface area contributed by atoms with Gasteiger partial charge in [-0.15, -0.1) is 0 Å².